The standard InChI is InChI=1S/C30H46O3/c1-25(2)16-20-19-8-9-22-27(4)12-11-23(32)28(5,18-31)21(27)10-13-30(22,7)29(19,6)15-14-26(20,3)24(33)17-25/h8,20-22,31H,9-18H2,1-7H3/t20-,21+,22-,26-,27+,28+,29-,30-/m1/s1. The Balaban J connectivity index is 1.60. The largest absolute Gasteiger partial charge is 0.395 e. The molecule has 0 aromatic carbocycles. The van der Waals surface area contributed by atoms with Crippen LogP contribution in [0.5, 0.6) is 0 Å². The van der Waals surface area contributed by atoms with E-state index in [4.69, 9.17) is 0 Å². The SMILES string of the molecule is CC1(C)CC(=O)[C@]2(C)CC[C@]3(C)C(=CC[C@@H]4[C@@]5(C)CCC(=O)[C@@](C)(CO)[C@H]5CC[C@]43C)[C@H]2C1. The average molecular weight is 455 g/mol. The van der Waals surface area contributed by atoms with Gasteiger partial charge in [0.25, 0.3) is 0 Å². The first-order valence-electron chi connectivity index (χ1n) is 13.6. The fourth-order valence-corrected chi connectivity index (χ4v) is 10.3. The van der Waals surface area contributed by atoms with Crippen LogP contribution in [0.1, 0.15) is 106 Å². The van der Waals surface area contributed by atoms with Crippen LogP contribution in [0.25, 0.3) is 0 Å². The molecule has 0 unspecified atom stereocenters. The van der Waals surface area contributed by atoms with E-state index in [1.807, 2.05) is 6.92 Å². The Morgan fingerprint density at radius 1 is 0.909 bits per heavy atom. The van der Waals surface area contributed by atoms with Gasteiger partial charge in [-0.25, -0.2) is 0 Å². The second-order valence-electron chi connectivity index (χ2n) is 14.7. The van der Waals surface area contributed by atoms with Crippen molar-refractivity contribution in [2.24, 2.45) is 50.2 Å². The molecule has 33 heavy (non-hydrogen) atoms. The summed E-state index contributed by atoms with van der Waals surface area (Å²) in [6.45, 7) is 16.4. The summed E-state index contributed by atoms with van der Waals surface area (Å²) < 4.78 is 0. The highest BCUT2D eigenvalue weighted by Gasteiger charge is 2.69. The molecule has 184 valence electrons. The molecule has 4 saturated carbocycles. The monoisotopic (exact) mass is 454 g/mol. The van der Waals surface area contributed by atoms with Gasteiger partial charge in [0, 0.05) is 18.3 Å². The summed E-state index contributed by atoms with van der Waals surface area (Å²) in [6, 6.07) is 0. The molecule has 3 nitrogen and oxygen atoms in total. The first kappa shape index (κ1) is 23.8. The van der Waals surface area contributed by atoms with Gasteiger partial charge in [-0.05, 0) is 84.4 Å². The van der Waals surface area contributed by atoms with Gasteiger partial charge in [0.1, 0.15) is 11.6 Å². The summed E-state index contributed by atoms with van der Waals surface area (Å²) in [5.74, 6) is 1.90. The van der Waals surface area contributed by atoms with Crippen LogP contribution < -0.4 is 0 Å². The summed E-state index contributed by atoms with van der Waals surface area (Å²) in [5, 5.41) is 10.3. The molecule has 8 atom stereocenters. The van der Waals surface area contributed by atoms with Crippen molar-refractivity contribution in [2.45, 2.75) is 106 Å². The second kappa shape index (κ2) is 6.83. The summed E-state index contributed by atoms with van der Waals surface area (Å²) in [5.41, 5.74) is 1.24. The van der Waals surface area contributed by atoms with Crippen LogP contribution in [-0.2, 0) is 9.59 Å². The average Bonchev–Trinajstić information content (AvgIpc) is 2.73. The third-order valence-corrected chi connectivity index (χ3v) is 12.7. The topological polar surface area (TPSA) is 54.4 Å². The highest BCUT2D eigenvalue weighted by atomic mass is 16.3. The van der Waals surface area contributed by atoms with Gasteiger partial charge in [0.15, 0.2) is 0 Å². The molecule has 0 radical (unpaired) electrons. The number of rotatable bonds is 1. The number of allylic oxidation sites excluding steroid dienone is 2. The molecule has 3 heteroatoms. The summed E-state index contributed by atoms with van der Waals surface area (Å²) in [7, 11) is 0. The molecule has 0 aromatic rings. The number of hydrogen-bond acceptors (Lipinski definition) is 3. The van der Waals surface area contributed by atoms with Gasteiger partial charge in [-0.1, -0.05) is 60.1 Å². The molecule has 0 aliphatic heterocycles. The lowest BCUT2D eigenvalue weighted by atomic mass is 9.33. The number of carbonyl (C=O) groups is 2. The first-order valence-corrected chi connectivity index (χ1v) is 13.6. The minimum atomic E-state index is -0.593. The number of fused-ring (bicyclic) bond motifs is 7. The van der Waals surface area contributed by atoms with Gasteiger partial charge in [0.05, 0.1) is 12.0 Å². The fourth-order valence-electron chi connectivity index (χ4n) is 10.3. The van der Waals surface area contributed by atoms with Crippen molar-refractivity contribution in [3.8, 4) is 0 Å². The summed E-state index contributed by atoms with van der Waals surface area (Å²) >= 11 is 0. The fraction of sp³-hybridized carbons (Fsp3) is 0.867. The Morgan fingerprint density at radius 3 is 2.27 bits per heavy atom. The molecule has 0 bridgehead atoms. The third-order valence-electron chi connectivity index (χ3n) is 12.7. The zero-order valence-electron chi connectivity index (χ0n) is 22.1. The van der Waals surface area contributed by atoms with Gasteiger partial charge in [0.2, 0.25) is 0 Å². The van der Waals surface area contributed by atoms with Crippen LogP contribution in [-0.4, -0.2) is 23.3 Å². The zero-order chi connectivity index (χ0) is 24.2. The summed E-state index contributed by atoms with van der Waals surface area (Å²) in [6.07, 6.45) is 11.3. The maximum atomic E-state index is 13.4. The minimum absolute atomic E-state index is 0.0223. The van der Waals surface area contributed by atoms with E-state index in [2.05, 4.69) is 47.6 Å². The number of aliphatic hydroxyl groups excluding tert-OH is 1. The Kier molecular flexibility index (Phi) is 4.92. The smallest absolute Gasteiger partial charge is 0.141 e. The van der Waals surface area contributed by atoms with E-state index in [-0.39, 0.29) is 45.4 Å². The molecule has 1 N–H and O–H groups in total. The Hall–Kier alpha value is -0.960. The Bertz CT molecular complexity index is 931. The molecular weight excluding hydrogens is 408 g/mol. The molecule has 0 aromatic heterocycles. The van der Waals surface area contributed by atoms with Crippen LogP contribution >= 0.6 is 0 Å². The van der Waals surface area contributed by atoms with Gasteiger partial charge < -0.3 is 5.11 Å². The van der Waals surface area contributed by atoms with Crippen LogP contribution in [0.3, 0.4) is 0 Å². The molecule has 5 aliphatic rings. The molecule has 4 fully saturated rings. The molecule has 0 amide bonds. The maximum absolute atomic E-state index is 13.4. The van der Waals surface area contributed by atoms with Crippen LogP contribution in [0.2, 0.25) is 0 Å². The van der Waals surface area contributed by atoms with Crippen molar-refractivity contribution in [3.05, 3.63) is 11.6 Å². The van der Waals surface area contributed by atoms with Crippen LogP contribution in [0.4, 0.5) is 0 Å². The lowest BCUT2D eigenvalue weighted by Gasteiger charge is -2.70. The van der Waals surface area contributed by atoms with Gasteiger partial charge in [-0.2, -0.15) is 0 Å². The number of aliphatic hydroxyl groups is 1. The predicted octanol–water partition coefficient (Wildman–Crippen LogP) is 6.53. The lowest BCUT2D eigenvalue weighted by molar-refractivity contribution is -0.191. The van der Waals surface area contributed by atoms with E-state index in [1.54, 1.807) is 5.57 Å². The van der Waals surface area contributed by atoms with Crippen molar-refractivity contribution < 1.29 is 14.7 Å². The number of hydrogen-bond donors (Lipinski definition) is 1. The van der Waals surface area contributed by atoms with Crippen LogP contribution in [0.15, 0.2) is 11.6 Å². The van der Waals surface area contributed by atoms with Gasteiger partial charge >= 0.3 is 0 Å². The van der Waals surface area contributed by atoms with E-state index < -0.39 is 5.41 Å². The van der Waals surface area contributed by atoms with Crippen molar-refractivity contribution in [1.82, 2.24) is 0 Å². The zero-order valence-corrected chi connectivity index (χ0v) is 22.1. The number of ketones is 2. The van der Waals surface area contributed by atoms with E-state index in [9.17, 15) is 14.7 Å². The molecule has 0 spiro atoms. The molecule has 5 aliphatic carbocycles. The first-order chi connectivity index (χ1) is 15.2. The van der Waals surface area contributed by atoms with Gasteiger partial charge in [-0.3, -0.25) is 9.59 Å². The molecule has 0 saturated heterocycles. The van der Waals surface area contributed by atoms with Crippen LogP contribution in [0, 0.1) is 50.2 Å². The lowest BCUT2D eigenvalue weighted by Crippen LogP contribution is -2.65. The predicted molar refractivity (Wildman–Crippen MR) is 132 cm³/mol. The second-order valence-corrected chi connectivity index (χ2v) is 14.7. The number of carbonyl (C=O) groups excluding carboxylic acids is 2. The Morgan fingerprint density at radius 2 is 1.61 bits per heavy atom. The summed E-state index contributed by atoms with van der Waals surface area (Å²) in [4.78, 5) is 26.4. The van der Waals surface area contributed by atoms with Gasteiger partial charge in [-0.15, -0.1) is 0 Å². The number of Topliss-reactive ketones (excluding diaryl/α,β-unsaturated/α-hetero) is 2. The third kappa shape index (κ3) is 2.78. The van der Waals surface area contributed by atoms with E-state index in [0.29, 0.717) is 24.0 Å². The van der Waals surface area contributed by atoms with Crippen molar-refractivity contribution in [2.75, 3.05) is 6.61 Å². The maximum Gasteiger partial charge on any atom is 0.141 e. The normalized spacial score (nSPS) is 53.3. The van der Waals surface area contributed by atoms with Crippen molar-refractivity contribution in [3.63, 3.8) is 0 Å². The van der Waals surface area contributed by atoms with Crippen molar-refractivity contribution >= 4 is 11.6 Å². The minimum Gasteiger partial charge on any atom is -0.395 e. The van der Waals surface area contributed by atoms with E-state index in [0.717, 1.165) is 51.4 Å². The molecular formula is C30H46O3. The Labute approximate surface area is 201 Å². The highest BCUT2D eigenvalue weighted by molar-refractivity contribution is 5.87. The van der Waals surface area contributed by atoms with E-state index in [1.165, 1.54) is 0 Å². The quantitative estimate of drug-likeness (QED) is 0.458. The highest BCUT2D eigenvalue weighted by Crippen LogP contribution is 2.75. The van der Waals surface area contributed by atoms with Crippen molar-refractivity contribution in [1.29, 1.82) is 0 Å². The van der Waals surface area contributed by atoms with E-state index >= 15 is 0 Å². The molecule has 0 heterocycles. The molecule has 5 rings (SSSR count).